The van der Waals surface area contributed by atoms with E-state index in [0.29, 0.717) is 17.8 Å². The lowest BCUT2D eigenvalue weighted by Crippen LogP contribution is -2.50. The van der Waals surface area contributed by atoms with Crippen LogP contribution in [0, 0.1) is 6.92 Å². The number of amides is 1. The van der Waals surface area contributed by atoms with Gasteiger partial charge in [0.25, 0.3) is 10.0 Å². The van der Waals surface area contributed by atoms with E-state index in [2.05, 4.69) is 0 Å². The van der Waals surface area contributed by atoms with Gasteiger partial charge in [-0.1, -0.05) is 6.92 Å². The highest BCUT2D eigenvalue weighted by Crippen LogP contribution is 2.34. The van der Waals surface area contributed by atoms with Crippen LogP contribution in [0.15, 0.2) is 4.21 Å². The molecule has 2 heterocycles. The fourth-order valence-electron chi connectivity index (χ4n) is 2.64. The lowest BCUT2D eigenvalue weighted by Gasteiger charge is -2.33. The molecule has 2 rings (SSSR count). The molecule has 1 aromatic heterocycles. The number of nitrogens with zero attached hydrogens (tertiary/aromatic N) is 2. The van der Waals surface area contributed by atoms with Gasteiger partial charge in [-0.05, 0) is 12.5 Å². The second-order valence-corrected chi connectivity index (χ2v) is 8.62. The summed E-state index contributed by atoms with van der Waals surface area (Å²) in [6, 6.07) is 0. The number of carboxylic acid groups (broad SMARTS) is 2. The largest absolute Gasteiger partial charge is 0.478 e. The number of carboxylic acids is 2. The highest BCUT2D eigenvalue weighted by molar-refractivity contribution is 7.91. The predicted molar refractivity (Wildman–Crippen MR) is 88.6 cm³/mol. The van der Waals surface area contributed by atoms with Gasteiger partial charge in [-0.15, -0.1) is 11.3 Å². The fourth-order valence-corrected chi connectivity index (χ4v) is 5.87. The molecule has 0 spiro atoms. The van der Waals surface area contributed by atoms with E-state index in [-0.39, 0.29) is 42.5 Å². The Morgan fingerprint density at radius 2 is 1.64 bits per heavy atom. The molecule has 1 amide bonds. The Kier molecular flexibility index (Phi) is 5.49. The first-order chi connectivity index (χ1) is 11.6. The standard InChI is InChI=1S/C14H18N2O7S2/c1-3-9(17)15-4-6-16(7-5-15)25(22,23)14-10(12(18)19)8(2)11(24-14)13(20)21/h3-7H2,1-2H3,(H,18,19)(H,20,21). The van der Waals surface area contributed by atoms with Gasteiger partial charge in [0.15, 0.2) is 4.21 Å². The minimum atomic E-state index is -4.16. The maximum Gasteiger partial charge on any atom is 0.346 e. The van der Waals surface area contributed by atoms with Crippen molar-refractivity contribution in [1.82, 2.24) is 9.21 Å². The molecular weight excluding hydrogens is 372 g/mol. The zero-order chi connectivity index (χ0) is 18.9. The van der Waals surface area contributed by atoms with Gasteiger partial charge in [0.1, 0.15) is 4.88 Å². The fraction of sp³-hybridized carbons (Fsp3) is 0.500. The van der Waals surface area contributed by atoms with Crippen molar-refractivity contribution in [2.75, 3.05) is 26.2 Å². The number of hydrogen-bond donors (Lipinski definition) is 2. The monoisotopic (exact) mass is 390 g/mol. The van der Waals surface area contributed by atoms with E-state index in [1.54, 1.807) is 11.8 Å². The molecule has 2 N–H and O–H groups in total. The summed E-state index contributed by atoms with van der Waals surface area (Å²) in [5.41, 5.74) is -0.585. The summed E-state index contributed by atoms with van der Waals surface area (Å²) in [7, 11) is -4.16. The first kappa shape index (κ1) is 19.3. The third kappa shape index (κ3) is 3.53. The molecule has 1 fully saturated rings. The van der Waals surface area contributed by atoms with Crippen molar-refractivity contribution in [3.8, 4) is 0 Å². The number of hydrogen-bond acceptors (Lipinski definition) is 6. The van der Waals surface area contributed by atoms with E-state index >= 15 is 0 Å². The Balaban J connectivity index is 2.38. The lowest BCUT2D eigenvalue weighted by atomic mass is 10.2. The van der Waals surface area contributed by atoms with E-state index in [9.17, 15) is 27.9 Å². The second kappa shape index (κ2) is 7.10. The molecule has 25 heavy (non-hydrogen) atoms. The summed E-state index contributed by atoms with van der Waals surface area (Å²) >= 11 is 0.444. The molecule has 1 aliphatic heterocycles. The van der Waals surface area contributed by atoms with Gasteiger partial charge >= 0.3 is 11.9 Å². The van der Waals surface area contributed by atoms with E-state index in [0.717, 1.165) is 4.31 Å². The summed E-state index contributed by atoms with van der Waals surface area (Å²) < 4.78 is 26.3. The minimum absolute atomic E-state index is 0.0342. The third-order valence-corrected chi connectivity index (χ3v) is 7.66. The molecule has 0 aromatic carbocycles. The summed E-state index contributed by atoms with van der Waals surface area (Å²) in [6.07, 6.45) is 0.321. The predicted octanol–water partition coefficient (Wildman–Crippen LogP) is 0.696. The molecule has 0 aliphatic carbocycles. The Bertz CT molecular complexity index is 820. The maximum atomic E-state index is 12.8. The Morgan fingerprint density at radius 1 is 1.08 bits per heavy atom. The van der Waals surface area contributed by atoms with E-state index in [4.69, 9.17) is 5.11 Å². The number of carbonyl (C=O) groups is 3. The van der Waals surface area contributed by atoms with Gasteiger partial charge in [0.05, 0.1) is 5.56 Å². The minimum Gasteiger partial charge on any atom is -0.478 e. The number of aromatic carboxylic acids is 2. The Labute approximate surface area is 148 Å². The van der Waals surface area contributed by atoms with Crippen LogP contribution in [0.4, 0.5) is 0 Å². The second-order valence-electron chi connectivity index (χ2n) is 5.47. The van der Waals surface area contributed by atoms with Crippen LogP contribution >= 0.6 is 11.3 Å². The molecule has 1 aliphatic rings. The number of rotatable bonds is 5. The Morgan fingerprint density at radius 3 is 2.08 bits per heavy atom. The lowest BCUT2D eigenvalue weighted by molar-refractivity contribution is -0.132. The summed E-state index contributed by atoms with van der Waals surface area (Å²) in [5.74, 6) is -2.94. The van der Waals surface area contributed by atoms with Gasteiger partial charge in [0.2, 0.25) is 5.91 Å². The Hall–Kier alpha value is -1.98. The first-order valence-corrected chi connectivity index (χ1v) is 9.74. The van der Waals surface area contributed by atoms with Gasteiger partial charge in [0, 0.05) is 32.6 Å². The summed E-state index contributed by atoms with van der Waals surface area (Å²) in [4.78, 5) is 35.6. The molecule has 11 heteroatoms. The SMILES string of the molecule is CCC(=O)N1CCN(S(=O)(=O)c2sc(C(=O)O)c(C)c2C(=O)O)CC1. The summed E-state index contributed by atoms with van der Waals surface area (Å²) in [6.45, 7) is 3.49. The van der Waals surface area contributed by atoms with Gasteiger partial charge in [-0.2, -0.15) is 4.31 Å². The van der Waals surface area contributed by atoms with Crippen molar-refractivity contribution >= 4 is 39.2 Å². The molecule has 0 saturated carbocycles. The van der Waals surface area contributed by atoms with Crippen LogP contribution in [-0.4, -0.2) is 71.9 Å². The van der Waals surface area contributed by atoms with Crippen molar-refractivity contribution < 1.29 is 33.0 Å². The number of carbonyl (C=O) groups excluding carboxylic acids is 1. The van der Waals surface area contributed by atoms with E-state index < -0.39 is 31.7 Å². The molecule has 1 aromatic rings. The number of piperazine rings is 1. The van der Waals surface area contributed by atoms with Crippen LogP contribution in [-0.2, 0) is 14.8 Å². The van der Waals surface area contributed by atoms with Crippen LogP contribution < -0.4 is 0 Å². The number of sulfonamides is 1. The summed E-state index contributed by atoms with van der Waals surface area (Å²) in [5, 5.41) is 18.5. The van der Waals surface area contributed by atoms with Crippen molar-refractivity contribution in [3.05, 3.63) is 16.0 Å². The number of thiophene rings is 1. The van der Waals surface area contributed by atoms with Crippen LogP contribution in [0.25, 0.3) is 0 Å². The van der Waals surface area contributed by atoms with E-state index in [1.807, 2.05) is 0 Å². The third-order valence-electron chi connectivity index (χ3n) is 3.99. The molecular formula is C14H18N2O7S2. The molecule has 0 radical (unpaired) electrons. The maximum absolute atomic E-state index is 12.8. The van der Waals surface area contributed by atoms with Crippen LogP contribution in [0.5, 0.6) is 0 Å². The van der Waals surface area contributed by atoms with Gasteiger partial charge < -0.3 is 15.1 Å². The van der Waals surface area contributed by atoms with Crippen molar-refractivity contribution in [2.45, 2.75) is 24.5 Å². The van der Waals surface area contributed by atoms with Gasteiger partial charge in [-0.25, -0.2) is 18.0 Å². The van der Waals surface area contributed by atoms with Crippen molar-refractivity contribution in [3.63, 3.8) is 0 Å². The van der Waals surface area contributed by atoms with Crippen molar-refractivity contribution in [1.29, 1.82) is 0 Å². The zero-order valence-electron chi connectivity index (χ0n) is 13.7. The van der Waals surface area contributed by atoms with Gasteiger partial charge in [-0.3, -0.25) is 4.79 Å². The molecule has 0 atom stereocenters. The highest BCUT2D eigenvalue weighted by Gasteiger charge is 2.37. The molecule has 0 bridgehead atoms. The topological polar surface area (TPSA) is 132 Å². The van der Waals surface area contributed by atoms with Crippen LogP contribution in [0.2, 0.25) is 0 Å². The highest BCUT2D eigenvalue weighted by atomic mass is 32.2. The normalized spacial score (nSPS) is 16.0. The average Bonchev–Trinajstić information content (AvgIpc) is 2.92. The van der Waals surface area contributed by atoms with Crippen molar-refractivity contribution in [2.24, 2.45) is 0 Å². The molecule has 1 saturated heterocycles. The molecule has 138 valence electrons. The zero-order valence-corrected chi connectivity index (χ0v) is 15.3. The smallest absolute Gasteiger partial charge is 0.346 e. The van der Waals surface area contributed by atoms with Crippen LogP contribution in [0.3, 0.4) is 0 Å². The van der Waals surface area contributed by atoms with Crippen LogP contribution in [0.1, 0.15) is 38.9 Å². The molecule has 0 unspecified atom stereocenters. The first-order valence-electron chi connectivity index (χ1n) is 7.49. The molecule has 9 nitrogen and oxygen atoms in total. The average molecular weight is 390 g/mol. The van der Waals surface area contributed by atoms with E-state index in [1.165, 1.54) is 6.92 Å². The quantitative estimate of drug-likeness (QED) is 0.756.